The summed E-state index contributed by atoms with van der Waals surface area (Å²) in [5, 5.41) is 2.58. The Bertz CT molecular complexity index is 320. The third-order valence-corrected chi connectivity index (χ3v) is 2.65. The van der Waals surface area contributed by atoms with Crippen molar-refractivity contribution in [1.82, 2.24) is 5.32 Å². The number of carbonyl (C=O) groups is 3. The molecule has 1 N–H and O–H groups in total. The highest BCUT2D eigenvalue weighted by atomic mass is 16.7. The molecule has 0 bridgehead atoms. The van der Waals surface area contributed by atoms with Gasteiger partial charge >= 0.3 is 23.6 Å². The Labute approximate surface area is 92.3 Å². The second-order valence-corrected chi connectivity index (χ2v) is 3.91. The van der Waals surface area contributed by atoms with Crippen molar-refractivity contribution >= 4 is 17.8 Å². The van der Waals surface area contributed by atoms with E-state index in [-0.39, 0.29) is 19.3 Å². The van der Waals surface area contributed by atoms with Gasteiger partial charge in [0.2, 0.25) is 0 Å². The van der Waals surface area contributed by atoms with Crippen molar-refractivity contribution in [3.8, 4) is 0 Å². The van der Waals surface area contributed by atoms with Gasteiger partial charge in [0.15, 0.2) is 0 Å². The SMILES string of the molecule is O=C1CCC(=O)OC2(CCCCNC2=O)O1. The zero-order chi connectivity index (χ0) is 11.6. The van der Waals surface area contributed by atoms with Crippen LogP contribution in [0, 0.1) is 0 Å². The Morgan fingerprint density at radius 1 is 1.00 bits per heavy atom. The van der Waals surface area contributed by atoms with Gasteiger partial charge in [-0.15, -0.1) is 0 Å². The molecule has 0 aromatic heterocycles. The molecule has 6 nitrogen and oxygen atoms in total. The summed E-state index contributed by atoms with van der Waals surface area (Å²) < 4.78 is 10.0. The van der Waals surface area contributed by atoms with E-state index < -0.39 is 23.6 Å². The van der Waals surface area contributed by atoms with Gasteiger partial charge in [-0.3, -0.25) is 14.4 Å². The highest BCUT2D eigenvalue weighted by Crippen LogP contribution is 2.27. The van der Waals surface area contributed by atoms with E-state index >= 15 is 0 Å². The first-order valence-electron chi connectivity index (χ1n) is 5.34. The zero-order valence-corrected chi connectivity index (χ0v) is 8.78. The normalized spacial score (nSPS) is 25.1. The lowest BCUT2D eigenvalue weighted by atomic mass is 10.1. The van der Waals surface area contributed by atoms with E-state index in [1.165, 1.54) is 0 Å². The number of carbonyl (C=O) groups excluding carboxylic acids is 3. The molecule has 16 heavy (non-hydrogen) atoms. The Balaban J connectivity index is 2.27. The van der Waals surface area contributed by atoms with Crippen LogP contribution in [-0.4, -0.2) is 30.2 Å². The fourth-order valence-corrected chi connectivity index (χ4v) is 1.82. The molecular formula is C10H13NO5. The summed E-state index contributed by atoms with van der Waals surface area (Å²) >= 11 is 0. The molecule has 0 radical (unpaired) electrons. The van der Waals surface area contributed by atoms with Crippen molar-refractivity contribution in [3.63, 3.8) is 0 Å². The third kappa shape index (κ3) is 2.00. The first-order chi connectivity index (χ1) is 7.62. The Kier molecular flexibility index (Phi) is 2.80. The summed E-state index contributed by atoms with van der Waals surface area (Å²) in [6.07, 6.45) is 1.61. The van der Waals surface area contributed by atoms with E-state index in [1.54, 1.807) is 0 Å². The molecule has 0 atom stereocenters. The second kappa shape index (κ2) is 4.11. The number of esters is 2. The summed E-state index contributed by atoms with van der Waals surface area (Å²) in [6, 6.07) is 0. The monoisotopic (exact) mass is 227 g/mol. The van der Waals surface area contributed by atoms with Crippen molar-refractivity contribution < 1.29 is 23.9 Å². The smallest absolute Gasteiger partial charge is 0.336 e. The molecule has 2 aliphatic heterocycles. The Hall–Kier alpha value is -1.59. The number of nitrogens with one attached hydrogen (secondary N) is 1. The molecule has 6 heteroatoms. The third-order valence-electron chi connectivity index (χ3n) is 2.65. The van der Waals surface area contributed by atoms with E-state index in [1.807, 2.05) is 0 Å². The van der Waals surface area contributed by atoms with Crippen LogP contribution in [0.3, 0.4) is 0 Å². The summed E-state index contributed by atoms with van der Waals surface area (Å²) in [5.41, 5.74) is 0. The van der Waals surface area contributed by atoms with Crippen LogP contribution < -0.4 is 5.32 Å². The van der Waals surface area contributed by atoms with Crippen LogP contribution in [0.1, 0.15) is 32.1 Å². The molecular weight excluding hydrogens is 214 g/mol. The minimum atomic E-state index is -1.72. The van der Waals surface area contributed by atoms with Crippen molar-refractivity contribution in [3.05, 3.63) is 0 Å². The van der Waals surface area contributed by atoms with Gasteiger partial charge < -0.3 is 14.8 Å². The number of amides is 1. The first kappa shape index (κ1) is 10.9. The van der Waals surface area contributed by atoms with Crippen LogP contribution in [0.4, 0.5) is 0 Å². The van der Waals surface area contributed by atoms with Gasteiger partial charge in [0.25, 0.3) is 0 Å². The van der Waals surface area contributed by atoms with Crippen LogP contribution in [0.5, 0.6) is 0 Å². The molecule has 0 saturated carbocycles. The van der Waals surface area contributed by atoms with Crippen LogP contribution >= 0.6 is 0 Å². The molecule has 0 unspecified atom stereocenters. The molecule has 2 rings (SSSR count). The molecule has 0 aromatic rings. The summed E-state index contributed by atoms with van der Waals surface area (Å²) in [7, 11) is 0. The number of hydrogen-bond donors (Lipinski definition) is 1. The van der Waals surface area contributed by atoms with E-state index in [0.717, 1.165) is 6.42 Å². The molecule has 0 aliphatic carbocycles. The minimum absolute atomic E-state index is 0.0339. The molecule has 2 aliphatic rings. The van der Waals surface area contributed by atoms with Crippen molar-refractivity contribution in [2.24, 2.45) is 0 Å². The topological polar surface area (TPSA) is 81.7 Å². The maximum Gasteiger partial charge on any atom is 0.336 e. The number of hydrogen-bond acceptors (Lipinski definition) is 5. The van der Waals surface area contributed by atoms with Crippen molar-refractivity contribution in [2.45, 2.75) is 37.9 Å². The van der Waals surface area contributed by atoms with Gasteiger partial charge in [-0.1, -0.05) is 0 Å². The van der Waals surface area contributed by atoms with Gasteiger partial charge in [-0.25, -0.2) is 0 Å². The average molecular weight is 227 g/mol. The quantitative estimate of drug-likeness (QED) is 0.582. The fourth-order valence-electron chi connectivity index (χ4n) is 1.82. The number of ether oxygens (including phenoxy) is 2. The molecule has 0 aromatic carbocycles. The highest BCUT2D eigenvalue weighted by molar-refractivity contribution is 5.91. The largest absolute Gasteiger partial charge is 0.413 e. The molecule has 1 spiro atoms. The molecule has 88 valence electrons. The van der Waals surface area contributed by atoms with E-state index in [2.05, 4.69) is 5.32 Å². The van der Waals surface area contributed by atoms with Crippen LogP contribution in [0.15, 0.2) is 0 Å². The summed E-state index contributed by atoms with van der Waals surface area (Å²) in [6.45, 7) is 0.510. The summed E-state index contributed by atoms with van der Waals surface area (Å²) in [5.74, 6) is -3.39. The van der Waals surface area contributed by atoms with Crippen LogP contribution in [-0.2, 0) is 23.9 Å². The maximum absolute atomic E-state index is 11.8. The van der Waals surface area contributed by atoms with Gasteiger partial charge in [-0.05, 0) is 12.8 Å². The van der Waals surface area contributed by atoms with E-state index in [9.17, 15) is 14.4 Å². The second-order valence-electron chi connectivity index (χ2n) is 3.91. The predicted molar refractivity (Wildman–Crippen MR) is 51.0 cm³/mol. The lowest BCUT2D eigenvalue weighted by Gasteiger charge is -2.27. The molecule has 2 fully saturated rings. The standard InChI is InChI=1S/C10H13NO5/c12-7-3-4-8(13)16-10(15-7)5-1-2-6-11-9(10)14/h1-6H2,(H,11,14). The van der Waals surface area contributed by atoms with Gasteiger partial charge in [-0.2, -0.15) is 0 Å². The predicted octanol–water partition coefficient (Wildman–Crippen LogP) is -0.137. The lowest BCUT2D eigenvalue weighted by Crippen LogP contribution is -2.50. The minimum Gasteiger partial charge on any atom is -0.413 e. The zero-order valence-electron chi connectivity index (χ0n) is 8.78. The maximum atomic E-state index is 11.8. The van der Waals surface area contributed by atoms with Crippen LogP contribution in [0.2, 0.25) is 0 Å². The lowest BCUT2D eigenvalue weighted by molar-refractivity contribution is -0.222. The van der Waals surface area contributed by atoms with E-state index in [0.29, 0.717) is 13.0 Å². The Morgan fingerprint density at radius 2 is 1.62 bits per heavy atom. The van der Waals surface area contributed by atoms with Crippen molar-refractivity contribution in [2.75, 3.05) is 6.54 Å². The molecule has 2 heterocycles. The van der Waals surface area contributed by atoms with E-state index in [4.69, 9.17) is 9.47 Å². The average Bonchev–Trinajstić information content (AvgIpc) is 2.48. The van der Waals surface area contributed by atoms with Gasteiger partial charge in [0, 0.05) is 13.0 Å². The van der Waals surface area contributed by atoms with Gasteiger partial charge in [0.1, 0.15) is 0 Å². The summed E-state index contributed by atoms with van der Waals surface area (Å²) in [4.78, 5) is 34.4. The Morgan fingerprint density at radius 3 is 2.25 bits per heavy atom. The first-order valence-corrected chi connectivity index (χ1v) is 5.34. The molecule has 1 amide bonds. The van der Waals surface area contributed by atoms with Crippen molar-refractivity contribution in [1.29, 1.82) is 0 Å². The number of rotatable bonds is 0. The molecule has 2 saturated heterocycles. The highest BCUT2D eigenvalue weighted by Gasteiger charge is 2.48. The fraction of sp³-hybridized carbons (Fsp3) is 0.700. The van der Waals surface area contributed by atoms with Crippen LogP contribution in [0.25, 0.3) is 0 Å². The van der Waals surface area contributed by atoms with Gasteiger partial charge in [0.05, 0.1) is 12.8 Å².